The van der Waals surface area contributed by atoms with Crippen LogP contribution in [0.4, 0.5) is 33.6 Å². The molecule has 1 unspecified atom stereocenters. The first-order chi connectivity index (χ1) is 20.4. The lowest BCUT2D eigenvalue weighted by molar-refractivity contribution is 0.0917. The molecule has 0 saturated carbocycles. The topological polar surface area (TPSA) is 118 Å². The number of hydrogen-bond acceptors (Lipinski definition) is 7. The van der Waals surface area contributed by atoms with Crippen molar-refractivity contribution in [2.45, 2.75) is 43.8 Å². The summed E-state index contributed by atoms with van der Waals surface area (Å²) in [6.45, 7) is 1.68. The van der Waals surface area contributed by atoms with Crippen LogP contribution in [0.25, 0.3) is 22.2 Å². The first-order valence-electron chi connectivity index (χ1n) is 13.3. The number of anilines is 2. The van der Waals surface area contributed by atoms with Crippen LogP contribution < -0.4 is 20.9 Å². The summed E-state index contributed by atoms with van der Waals surface area (Å²) >= 11 is 0. The standard InChI is InChI=1S/C28H27F5N6O3S/c1-15(25(32)33)39-26-17(11-35-28(37-26)36-19-10-18(29)12-34-13-19)9-21(27(39)40)20-7-8-22(24(31)23(20)30)38-43(41,42)14-16-5-3-2-4-6-16/h2-9,11,15,18-19,25,34,38H,10,12-14H2,1H3,(H,35,36,37)/t15?,18-,19-/m0/s1. The maximum atomic E-state index is 15.4. The molecule has 1 aliphatic heterocycles. The highest BCUT2D eigenvalue weighted by atomic mass is 32.2. The Kier molecular flexibility index (Phi) is 8.64. The number of piperidine rings is 1. The minimum atomic E-state index is -4.14. The summed E-state index contributed by atoms with van der Waals surface area (Å²) < 4.78 is 100. The Labute approximate surface area is 243 Å². The third-order valence-electron chi connectivity index (χ3n) is 7.01. The predicted molar refractivity (Wildman–Crippen MR) is 152 cm³/mol. The molecule has 43 heavy (non-hydrogen) atoms. The molecule has 3 atom stereocenters. The number of hydrogen-bond donors (Lipinski definition) is 3. The normalized spacial score (nSPS) is 18.1. The fourth-order valence-electron chi connectivity index (χ4n) is 4.89. The summed E-state index contributed by atoms with van der Waals surface area (Å²) in [7, 11) is -4.14. The van der Waals surface area contributed by atoms with Gasteiger partial charge < -0.3 is 10.6 Å². The number of fused-ring (bicyclic) bond motifs is 1. The van der Waals surface area contributed by atoms with Crippen molar-refractivity contribution in [2.75, 3.05) is 23.1 Å². The third-order valence-corrected chi connectivity index (χ3v) is 8.26. The van der Waals surface area contributed by atoms with Crippen LogP contribution in [0.5, 0.6) is 0 Å². The van der Waals surface area contributed by atoms with Gasteiger partial charge in [-0.15, -0.1) is 0 Å². The molecule has 0 aliphatic carbocycles. The van der Waals surface area contributed by atoms with Gasteiger partial charge in [-0.05, 0) is 30.7 Å². The highest BCUT2D eigenvalue weighted by molar-refractivity contribution is 7.91. The summed E-state index contributed by atoms with van der Waals surface area (Å²) in [5, 5.41) is 5.91. The van der Waals surface area contributed by atoms with Crippen LogP contribution in [0.15, 0.2) is 59.5 Å². The van der Waals surface area contributed by atoms with E-state index in [-0.39, 0.29) is 29.9 Å². The van der Waals surface area contributed by atoms with Gasteiger partial charge in [0.25, 0.3) is 12.0 Å². The lowest BCUT2D eigenvalue weighted by Crippen LogP contribution is -2.44. The van der Waals surface area contributed by atoms with Gasteiger partial charge in [0.05, 0.1) is 23.0 Å². The van der Waals surface area contributed by atoms with Crippen LogP contribution >= 0.6 is 0 Å². The molecule has 3 N–H and O–H groups in total. The van der Waals surface area contributed by atoms with E-state index in [0.29, 0.717) is 16.7 Å². The highest BCUT2D eigenvalue weighted by Gasteiger charge is 2.27. The molecule has 0 amide bonds. The summed E-state index contributed by atoms with van der Waals surface area (Å²) in [4.78, 5) is 21.9. The van der Waals surface area contributed by atoms with Crippen molar-refractivity contribution < 1.29 is 30.4 Å². The number of sulfonamides is 1. The zero-order valence-corrected chi connectivity index (χ0v) is 23.5. The van der Waals surface area contributed by atoms with Gasteiger partial charge >= 0.3 is 0 Å². The van der Waals surface area contributed by atoms with E-state index in [1.54, 1.807) is 30.3 Å². The van der Waals surface area contributed by atoms with Crippen molar-refractivity contribution in [3.63, 3.8) is 0 Å². The average Bonchev–Trinajstić information content (AvgIpc) is 2.95. The number of aromatic nitrogens is 3. The molecule has 9 nitrogen and oxygen atoms in total. The molecule has 1 saturated heterocycles. The number of halogens is 5. The molecule has 1 fully saturated rings. The van der Waals surface area contributed by atoms with Gasteiger partial charge in [-0.1, -0.05) is 30.3 Å². The van der Waals surface area contributed by atoms with Gasteiger partial charge in [-0.25, -0.2) is 35.4 Å². The summed E-state index contributed by atoms with van der Waals surface area (Å²) in [5.41, 5.74) is -2.58. The van der Waals surface area contributed by atoms with E-state index >= 15 is 8.78 Å². The molecule has 15 heteroatoms. The Morgan fingerprint density at radius 2 is 1.81 bits per heavy atom. The number of nitrogens with one attached hydrogen (secondary N) is 3. The molecule has 4 aromatic rings. The minimum Gasteiger partial charge on any atom is -0.350 e. The van der Waals surface area contributed by atoms with Gasteiger partial charge in [0.1, 0.15) is 11.8 Å². The van der Waals surface area contributed by atoms with Crippen molar-refractivity contribution in [1.29, 1.82) is 0 Å². The molecular formula is C28H27F5N6O3S. The number of alkyl halides is 3. The zero-order chi connectivity index (χ0) is 30.9. The molecule has 0 radical (unpaired) electrons. The number of pyridine rings is 1. The van der Waals surface area contributed by atoms with Crippen molar-refractivity contribution in [2.24, 2.45) is 0 Å². The van der Waals surface area contributed by atoms with Gasteiger partial charge in [0, 0.05) is 42.7 Å². The first kappa shape index (κ1) is 30.4. The number of rotatable bonds is 9. The van der Waals surface area contributed by atoms with Gasteiger partial charge in [-0.3, -0.25) is 14.1 Å². The second-order valence-corrected chi connectivity index (χ2v) is 12.0. The molecule has 228 valence electrons. The molecule has 5 rings (SSSR count). The Balaban J connectivity index is 1.53. The summed E-state index contributed by atoms with van der Waals surface area (Å²) in [6, 6.07) is 9.02. The van der Waals surface area contributed by atoms with E-state index in [9.17, 15) is 26.4 Å². The van der Waals surface area contributed by atoms with Crippen LogP contribution in [0.3, 0.4) is 0 Å². The van der Waals surface area contributed by atoms with Crippen LogP contribution in [0.2, 0.25) is 0 Å². The molecule has 0 spiro atoms. The Hall–Kier alpha value is -4.11. The van der Waals surface area contributed by atoms with Crippen molar-refractivity contribution in [1.82, 2.24) is 19.9 Å². The monoisotopic (exact) mass is 622 g/mol. The number of benzene rings is 2. The fourth-order valence-corrected chi connectivity index (χ4v) is 6.08. The van der Waals surface area contributed by atoms with Crippen molar-refractivity contribution in [3.05, 3.63) is 82.3 Å². The summed E-state index contributed by atoms with van der Waals surface area (Å²) in [6.07, 6.45) is -2.74. The molecular weight excluding hydrogens is 595 g/mol. The van der Waals surface area contributed by atoms with E-state index in [2.05, 4.69) is 20.6 Å². The van der Waals surface area contributed by atoms with Crippen LogP contribution in [-0.4, -0.2) is 54.7 Å². The molecule has 0 bridgehead atoms. The Morgan fingerprint density at radius 3 is 2.51 bits per heavy atom. The van der Waals surface area contributed by atoms with E-state index in [0.717, 1.165) is 25.1 Å². The first-order valence-corrected chi connectivity index (χ1v) is 14.9. The average molecular weight is 623 g/mol. The Morgan fingerprint density at radius 1 is 1.07 bits per heavy atom. The predicted octanol–water partition coefficient (Wildman–Crippen LogP) is 4.62. The van der Waals surface area contributed by atoms with Gasteiger partial charge in [-0.2, -0.15) is 4.98 Å². The largest absolute Gasteiger partial charge is 0.350 e. The Bertz CT molecular complexity index is 1810. The zero-order valence-electron chi connectivity index (χ0n) is 22.7. The molecule has 1 aliphatic rings. The minimum absolute atomic E-state index is 0.0277. The molecule has 2 aromatic heterocycles. The number of nitrogens with zero attached hydrogens (tertiary/aromatic N) is 3. The van der Waals surface area contributed by atoms with Gasteiger partial charge in [0.15, 0.2) is 11.6 Å². The smallest absolute Gasteiger partial charge is 0.260 e. The van der Waals surface area contributed by atoms with Crippen molar-refractivity contribution >= 4 is 32.7 Å². The fraction of sp³-hybridized carbons (Fsp3) is 0.321. The SMILES string of the molecule is CC(C(F)F)n1c(=O)c(-c2ccc(NS(=O)(=O)Cc3ccccc3)c(F)c2F)cc2cnc(N[C@@H]3CNC[C@@H](F)C3)nc21. The lowest BCUT2D eigenvalue weighted by Gasteiger charge is -2.26. The van der Waals surface area contributed by atoms with E-state index < -0.39 is 74.5 Å². The van der Waals surface area contributed by atoms with E-state index in [1.165, 1.54) is 6.20 Å². The maximum Gasteiger partial charge on any atom is 0.260 e. The summed E-state index contributed by atoms with van der Waals surface area (Å²) in [5.74, 6) is -3.66. The molecule has 2 aromatic carbocycles. The third kappa shape index (κ3) is 6.62. The van der Waals surface area contributed by atoms with Crippen LogP contribution in [0, 0.1) is 11.6 Å². The molecule has 3 heterocycles. The van der Waals surface area contributed by atoms with E-state index in [4.69, 9.17) is 0 Å². The second kappa shape index (κ2) is 12.2. The maximum absolute atomic E-state index is 15.4. The van der Waals surface area contributed by atoms with Crippen LogP contribution in [-0.2, 0) is 15.8 Å². The highest BCUT2D eigenvalue weighted by Crippen LogP contribution is 2.31. The van der Waals surface area contributed by atoms with Crippen LogP contribution in [0.1, 0.15) is 24.9 Å². The van der Waals surface area contributed by atoms with Gasteiger partial charge in [0.2, 0.25) is 16.0 Å². The second-order valence-electron chi connectivity index (χ2n) is 10.2. The quantitative estimate of drug-likeness (QED) is 0.233. The van der Waals surface area contributed by atoms with E-state index in [1.807, 2.05) is 4.72 Å². The van der Waals surface area contributed by atoms with Crippen molar-refractivity contribution in [3.8, 4) is 11.1 Å². The lowest BCUT2D eigenvalue weighted by atomic mass is 10.0.